The fourth-order valence-corrected chi connectivity index (χ4v) is 1.82. The van der Waals surface area contributed by atoms with Crippen LogP contribution in [0.15, 0.2) is 12.1 Å². The van der Waals surface area contributed by atoms with Gasteiger partial charge < -0.3 is 9.47 Å². The molecule has 0 N–H and O–H groups in total. The largest absolute Gasteiger partial charge is 0.497 e. The highest BCUT2D eigenvalue weighted by atomic mass is 35.5. The second kappa shape index (κ2) is 5.97. The van der Waals surface area contributed by atoms with Crippen LogP contribution in [-0.4, -0.2) is 19.7 Å². The van der Waals surface area contributed by atoms with Gasteiger partial charge in [0.05, 0.1) is 20.1 Å². The summed E-state index contributed by atoms with van der Waals surface area (Å²) in [4.78, 5) is 11.3. The van der Waals surface area contributed by atoms with Crippen molar-refractivity contribution < 1.29 is 14.3 Å². The highest BCUT2D eigenvalue weighted by Gasteiger charge is 2.13. The summed E-state index contributed by atoms with van der Waals surface area (Å²) in [5.41, 5.74) is 0.558. The number of methoxy groups -OCH3 is 1. The van der Waals surface area contributed by atoms with Crippen LogP contribution in [0.5, 0.6) is 5.75 Å². The van der Waals surface area contributed by atoms with Crippen molar-refractivity contribution in [3.63, 3.8) is 0 Å². The van der Waals surface area contributed by atoms with Gasteiger partial charge in [0.1, 0.15) is 5.75 Å². The lowest BCUT2D eigenvalue weighted by molar-refractivity contribution is -0.142. The van der Waals surface area contributed by atoms with Gasteiger partial charge in [0.2, 0.25) is 0 Å². The van der Waals surface area contributed by atoms with Gasteiger partial charge in [0, 0.05) is 15.6 Å². The third-order valence-corrected chi connectivity index (χ3v) is 2.65. The lowest BCUT2D eigenvalue weighted by Crippen LogP contribution is -2.08. The molecular formula is C11H12Cl2O3. The van der Waals surface area contributed by atoms with E-state index >= 15 is 0 Å². The van der Waals surface area contributed by atoms with Crippen LogP contribution < -0.4 is 4.74 Å². The van der Waals surface area contributed by atoms with Crippen molar-refractivity contribution in [2.45, 2.75) is 13.3 Å². The number of rotatable bonds is 4. The summed E-state index contributed by atoms with van der Waals surface area (Å²) in [6, 6.07) is 3.23. The predicted octanol–water partition coefficient (Wildman–Crippen LogP) is 3.11. The summed E-state index contributed by atoms with van der Waals surface area (Å²) >= 11 is 12.0. The number of hydrogen-bond acceptors (Lipinski definition) is 3. The van der Waals surface area contributed by atoms with Crippen LogP contribution in [-0.2, 0) is 16.0 Å². The van der Waals surface area contributed by atoms with Gasteiger partial charge in [-0.25, -0.2) is 0 Å². The fraction of sp³-hybridized carbons (Fsp3) is 0.364. The second-order valence-electron chi connectivity index (χ2n) is 3.05. The Morgan fingerprint density at radius 3 is 2.31 bits per heavy atom. The Morgan fingerprint density at radius 1 is 1.31 bits per heavy atom. The summed E-state index contributed by atoms with van der Waals surface area (Å²) in [5, 5.41) is 0.801. The van der Waals surface area contributed by atoms with E-state index in [1.165, 1.54) is 7.11 Å². The molecule has 0 bridgehead atoms. The third kappa shape index (κ3) is 3.29. The zero-order chi connectivity index (χ0) is 12.1. The van der Waals surface area contributed by atoms with Crippen molar-refractivity contribution in [3.8, 4) is 5.75 Å². The molecule has 1 aromatic rings. The number of halogens is 2. The first-order valence-corrected chi connectivity index (χ1v) is 5.51. The first-order chi connectivity index (χ1) is 7.58. The van der Waals surface area contributed by atoms with Crippen LogP contribution in [0.25, 0.3) is 0 Å². The SMILES string of the molecule is CCOC(=O)Cc1c(Cl)cc(OC)cc1Cl. The molecular weight excluding hydrogens is 251 g/mol. The Bertz CT molecular complexity index is 368. The fourth-order valence-electron chi connectivity index (χ4n) is 1.22. The lowest BCUT2D eigenvalue weighted by Gasteiger charge is -2.08. The van der Waals surface area contributed by atoms with Crippen LogP contribution in [0.2, 0.25) is 10.0 Å². The van der Waals surface area contributed by atoms with Crippen LogP contribution >= 0.6 is 23.2 Å². The summed E-state index contributed by atoms with van der Waals surface area (Å²) in [6.07, 6.45) is 0.0650. The number of esters is 1. The van der Waals surface area contributed by atoms with E-state index in [9.17, 15) is 4.79 Å². The van der Waals surface area contributed by atoms with E-state index in [-0.39, 0.29) is 12.4 Å². The number of carbonyl (C=O) groups excluding carboxylic acids is 1. The maximum absolute atomic E-state index is 11.3. The van der Waals surface area contributed by atoms with Gasteiger partial charge in [-0.2, -0.15) is 0 Å². The molecule has 0 radical (unpaired) electrons. The zero-order valence-corrected chi connectivity index (χ0v) is 10.6. The first-order valence-electron chi connectivity index (χ1n) is 4.76. The van der Waals surface area contributed by atoms with E-state index in [1.54, 1.807) is 19.1 Å². The molecule has 16 heavy (non-hydrogen) atoms. The van der Waals surface area contributed by atoms with Gasteiger partial charge in [0.15, 0.2) is 0 Å². The van der Waals surface area contributed by atoms with Crippen LogP contribution in [0.4, 0.5) is 0 Å². The minimum Gasteiger partial charge on any atom is -0.497 e. The van der Waals surface area contributed by atoms with E-state index < -0.39 is 0 Å². The quantitative estimate of drug-likeness (QED) is 0.783. The average Bonchev–Trinajstić information content (AvgIpc) is 2.23. The molecule has 0 saturated carbocycles. The van der Waals surface area contributed by atoms with E-state index in [0.717, 1.165) is 0 Å². The minimum atomic E-state index is -0.350. The van der Waals surface area contributed by atoms with Crippen LogP contribution in [0.1, 0.15) is 12.5 Å². The van der Waals surface area contributed by atoms with Gasteiger partial charge in [-0.15, -0.1) is 0 Å². The maximum Gasteiger partial charge on any atom is 0.310 e. The zero-order valence-electron chi connectivity index (χ0n) is 9.05. The van der Waals surface area contributed by atoms with Crippen molar-refractivity contribution >= 4 is 29.2 Å². The molecule has 0 aromatic heterocycles. The Balaban J connectivity index is 2.92. The summed E-state index contributed by atoms with van der Waals surface area (Å²) in [6.45, 7) is 2.08. The van der Waals surface area contributed by atoms with Crippen molar-refractivity contribution in [2.75, 3.05) is 13.7 Å². The highest BCUT2D eigenvalue weighted by molar-refractivity contribution is 6.36. The van der Waals surface area contributed by atoms with Crippen LogP contribution in [0.3, 0.4) is 0 Å². The number of ether oxygens (including phenoxy) is 2. The number of benzene rings is 1. The van der Waals surface area contributed by atoms with Gasteiger partial charge in [-0.05, 0) is 19.1 Å². The molecule has 0 aliphatic carbocycles. The lowest BCUT2D eigenvalue weighted by atomic mass is 10.1. The molecule has 0 atom stereocenters. The molecule has 0 spiro atoms. The van der Waals surface area contributed by atoms with Gasteiger partial charge in [0.25, 0.3) is 0 Å². The predicted molar refractivity (Wildman–Crippen MR) is 63.4 cm³/mol. The van der Waals surface area contributed by atoms with Crippen molar-refractivity contribution in [1.82, 2.24) is 0 Å². The summed E-state index contributed by atoms with van der Waals surface area (Å²) in [7, 11) is 1.52. The van der Waals surface area contributed by atoms with E-state index in [0.29, 0.717) is 28.0 Å². The molecule has 0 aliphatic rings. The standard InChI is InChI=1S/C11H12Cl2O3/c1-3-16-11(14)6-8-9(12)4-7(15-2)5-10(8)13/h4-5H,3,6H2,1-2H3. The monoisotopic (exact) mass is 262 g/mol. The molecule has 0 fully saturated rings. The molecule has 1 rings (SSSR count). The van der Waals surface area contributed by atoms with E-state index in [4.69, 9.17) is 32.7 Å². The van der Waals surface area contributed by atoms with Crippen LogP contribution in [0, 0.1) is 0 Å². The molecule has 0 amide bonds. The molecule has 0 saturated heterocycles. The Morgan fingerprint density at radius 2 is 1.88 bits per heavy atom. The maximum atomic E-state index is 11.3. The second-order valence-corrected chi connectivity index (χ2v) is 3.87. The van der Waals surface area contributed by atoms with E-state index in [2.05, 4.69) is 0 Å². The third-order valence-electron chi connectivity index (χ3n) is 1.98. The van der Waals surface area contributed by atoms with Crippen molar-refractivity contribution in [1.29, 1.82) is 0 Å². The number of carbonyl (C=O) groups is 1. The number of hydrogen-bond donors (Lipinski definition) is 0. The molecule has 5 heteroatoms. The first kappa shape index (κ1) is 13.1. The highest BCUT2D eigenvalue weighted by Crippen LogP contribution is 2.30. The normalized spacial score (nSPS) is 10.0. The average molecular weight is 263 g/mol. The van der Waals surface area contributed by atoms with Gasteiger partial charge in [-0.3, -0.25) is 4.79 Å². The van der Waals surface area contributed by atoms with E-state index in [1.807, 2.05) is 0 Å². The Hall–Kier alpha value is -0.930. The summed E-state index contributed by atoms with van der Waals surface area (Å²) in [5.74, 6) is 0.207. The van der Waals surface area contributed by atoms with Gasteiger partial charge >= 0.3 is 5.97 Å². The molecule has 3 nitrogen and oxygen atoms in total. The smallest absolute Gasteiger partial charge is 0.310 e. The Labute approximate surface area is 104 Å². The topological polar surface area (TPSA) is 35.5 Å². The van der Waals surface area contributed by atoms with Gasteiger partial charge in [-0.1, -0.05) is 23.2 Å². The molecule has 0 heterocycles. The summed E-state index contributed by atoms with van der Waals surface area (Å²) < 4.78 is 9.82. The van der Waals surface area contributed by atoms with Crippen molar-refractivity contribution in [2.24, 2.45) is 0 Å². The van der Waals surface area contributed by atoms with Crippen molar-refractivity contribution in [3.05, 3.63) is 27.7 Å². The Kier molecular flexibility index (Phi) is 4.90. The minimum absolute atomic E-state index is 0.0650. The molecule has 88 valence electrons. The molecule has 0 unspecified atom stereocenters. The molecule has 1 aromatic carbocycles. The molecule has 0 aliphatic heterocycles.